The standard InChI is InChI=1S/C8H19NO2/c1-4-11-6-5-8(2,7-10)9-3/h9-10H,4-7H2,1-3H3. The maximum atomic E-state index is 8.97. The van der Waals surface area contributed by atoms with Gasteiger partial charge in [-0.15, -0.1) is 0 Å². The first kappa shape index (κ1) is 10.9. The summed E-state index contributed by atoms with van der Waals surface area (Å²) in [4.78, 5) is 0. The summed E-state index contributed by atoms with van der Waals surface area (Å²) >= 11 is 0. The van der Waals surface area contributed by atoms with Gasteiger partial charge in [0.05, 0.1) is 6.61 Å². The van der Waals surface area contributed by atoms with Crippen molar-refractivity contribution >= 4 is 0 Å². The first-order chi connectivity index (χ1) is 5.18. The molecule has 0 heterocycles. The van der Waals surface area contributed by atoms with Crippen molar-refractivity contribution < 1.29 is 9.84 Å². The first-order valence-corrected chi connectivity index (χ1v) is 4.06. The summed E-state index contributed by atoms with van der Waals surface area (Å²) in [6, 6.07) is 0. The molecule has 0 saturated heterocycles. The molecule has 0 aromatic rings. The lowest BCUT2D eigenvalue weighted by Crippen LogP contribution is -2.44. The molecule has 0 aliphatic carbocycles. The van der Waals surface area contributed by atoms with E-state index in [0.29, 0.717) is 6.61 Å². The number of hydrogen-bond donors (Lipinski definition) is 2. The maximum Gasteiger partial charge on any atom is 0.0611 e. The van der Waals surface area contributed by atoms with Gasteiger partial charge in [-0.1, -0.05) is 0 Å². The third kappa shape index (κ3) is 4.35. The maximum absolute atomic E-state index is 8.97. The van der Waals surface area contributed by atoms with Crippen molar-refractivity contribution in [3.63, 3.8) is 0 Å². The van der Waals surface area contributed by atoms with Crippen LogP contribution in [-0.4, -0.2) is 37.5 Å². The van der Waals surface area contributed by atoms with Crippen molar-refractivity contribution in [3.8, 4) is 0 Å². The third-order valence-electron chi connectivity index (χ3n) is 1.95. The van der Waals surface area contributed by atoms with Crippen molar-refractivity contribution in [2.45, 2.75) is 25.8 Å². The summed E-state index contributed by atoms with van der Waals surface area (Å²) in [5, 5.41) is 12.0. The minimum atomic E-state index is -0.185. The predicted octanol–water partition coefficient (Wildman–Crippen LogP) is 0.383. The number of aliphatic hydroxyl groups is 1. The molecule has 0 radical (unpaired) electrons. The van der Waals surface area contributed by atoms with Crippen LogP contribution in [0, 0.1) is 0 Å². The van der Waals surface area contributed by atoms with E-state index in [1.807, 2.05) is 20.9 Å². The van der Waals surface area contributed by atoms with Gasteiger partial charge in [-0.2, -0.15) is 0 Å². The number of ether oxygens (including phenoxy) is 1. The van der Waals surface area contributed by atoms with E-state index in [1.54, 1.807) is 0 Å². The average molecular weight is 161 g/mol. The zero-order valence-corrected chi connectivity index (χ0v) is 7.68. The van der Waals surface area contributed by atoms with Crippen LogP contribution in [0.15, 0.2) is 0 Å². The van der Waals surface area contributed by atoms with E-state index in [-0.39, 0.29) is 12.1 Å². The molecule has 0 rings (SSSR count). The van der Waals surface area contributed by atoms with E-state index in [0.717, 1.165) is 13.0 Å². The summed E-state index contributed by atoms with van der Waals surface area (Å²) in [6.45, 7) is 5.54. The number of aliphatic hydroxyl groups excluding tert-OH is 1. The Bertz CT molecular complexity index is 92.1. The molecule has 68 valence electrons. The summed E-state index contributed by atoms with van der Waals surface area (Å²) in [6.07, 6.45) is 0.841. The normalized spacial score (nSPS) is 16.4. The van der Waals surface area contributed by atoms with Crippen LogP contribution >= 0.6 is 0 Å². The third-order valence-corrected chi connectivity index (χ3v) is 1.95. The van der Waals surface area contributed by atoms with Crippen LogP contribution in [0.5, 0.6) is 0 Å². The Labute approximate surface area is 68.8 Å². The molecule has 3 heteroatoms. The second-order valence-electron chi connectivity index (χ2n) is 2.92. The molecule has 0 fully saturated rings. The van der Waals surface area contributed by atoms with Gasteiger partial charge >= 0.3 is 0 Å². The minimum Gasteiger partial charge on any atom is -0.394 e. The van der Waals surface area contributed by atoms with Crippen LogP contribution in [0.3, 0.4) is 0 Å². The molecular weight excluding hydrogens is 142 g/mol. The lowest BCUT2D eigenvalue weighted by molar-refractivity contribution is 0.0973. The van der Waals surface area contributed by atoms with E-state index in [9.17, 15) is 0 Å². The van der Waals surface area contributed by atoms with E-state index in [4.69, 9.17) is 9.84 Å². The fourth-order valence-electron chi connectivity index (χ4n) is 0.725. The second-order valence-corrected chi connectivity index (χ2v) is 2.92. The van der Waals surface area contributed by atoms with Crippen LogP contribution in [0.1, 0.15) is 20.3 Å². The van der Waals surface area contributed by atoms with E-state index < -0.39 is 0 Å². The molecule has 2 N–H and O–H groups in total. The van der Waals surface area contributed by atoms with Crippen LogP contribution in [0.2, 0.25) is 0 Å². The van der Waals surface area contributed by atoms with Gasteiger partial charge in [0.15, 0.2) is 0 Å². The molecule has 1 unspecified atom stereocenters. The van der Waals surface area contributed by atoms with Gasteiger partial charge in [-0.25, -0.2) is 0 Å². The highest BCUT2D eigenvalue weighted by atomic mass is 16.5. The Kier molecular flexibility index (Phi) is 5.46. The number of hydrogen-bond acceptors (Lipinski definition) is 3. The second kappa shape index (κ2) is 5.52. The van der Waals surface area contributed by atoms with Crippen molar-refractivity contribution in [1.82, 2.24) is 5.32 Å². The molecule has 0 aromatic heterocycles. The van der Waals surface area contributed by atoms with Gasteiger partial charge in [0.25, 0.3) is 0 Å². The van der Waals surface area contributed by atoms with Gasteiger partial charge in [0.1, 0.15) is 0 Å². The van der Waals surface area contributed by atoms with Crippen molar-refractivity contribution in [3.05, 3.63) is 0 Å². The van der Waals surface area contributed by atoms with Crippen molar-refractivity contribution in [2.75, 3.05) is 26.9 Å². The molecule has 0 amide bonds. The monoisotopic (exact) mass is 161 g/mol. The summed E-state index contributed by atoms with van der Waals surface area (Å²) in [5.74, 6) is 0. The molecular formula is C8H19NO2. The fraction of sp³-hybridized carbons (Fsp3) is 1.00. The highest BCUT2D eigenvalue weighted by Gasteiger charge is 2.19. The topological polar surface area (TPSA) is 41.5 Å². The fourth-order valence-corrected chi connectivity index (χ4v) is 0.725. The highest BCUT2D eigenvalue weighted by molar-refractivity contribution is 4.79. The molecule has 1 atom stereocenters. The lowest BCUT2D eigenvalue weighted by atomic mass is 10.0. The number of rotatable bonds is 6. The smallest absolute Gasteiger partial charge is 0.0611 e. The van der Waals surface area contributed by atoms with Gasteiger partial charge in [-0.3, -0.25) is 0 Å². The van der Waals surface area contributed by atoms with Gasteiger partial charge in [-0.05, 0) is 27.3 Å². The summed E-state index contributed by atoms with van der Waals surface area (Å²) in [5.41, 5.74) is -0.185. The first-order valence-electron chi connectivity index (χ1n) is 4.06. The summed E-state index contributed by atoms with van der Waals surface area (Å²) < 4.78 is 5.18. The largest absolute Gasteiger partial charge is 0.394 e. The lowest BCUT2D eigenvalue weighted by Gasteiger charge is -2.26. The summed E-state index contributed by atoms with van der Waals surface area (Å²) in [7, 11) is 1.85. The molecule has 3 nitrogen and oxygen atoms in total. The predicted molar refractivity (Wildman–Crippen MR) is 45.7 cm³/mol. The Morgan fingerprint density at radius 2 is 2.18 bits per heavy atom. The van der Waals surface area contributed by atoms with Crippen molar-refractivity contribution in [1.29, 1.82) is 0 Å². The molecule has 0 aliphatic heterocycles. The van der Waals surface area contributed by atoms with Gasteiger partial charge in [0, 0.05) is 18.8 Å². The Balaban J connectivity index is 3.51. The van der Waals surface area contributed by atoms with Crippen LogP contribution in [-0.2, 0) is 4.74 Å². The SMILES string of the molecule is CCOCCC(C)(CO)NC. The number of nitrogens with one attached hydrogen (secondary N) is 1. The zero-order valence-electron chi connectivity index (χ0n) is 7.68. The van der Waals surface area contributed by atoms with E-state index in [2.05, 4.69) is 5.32 Å². The molecule has 0 aliphatic rings. The number of likely N-dealkylation sites (N-methyl/N-ethyl adjacent to an activating group) is 1. The quantitative estimate of drug-likeness (QED) is 0.553. The molecule has 0 bridgehead atoms. The van der Waals surface area contributed by atoms with Crippen LogP contribution in [0.4, 0.5) is 0 Å². The Morgan fingerprint density at radius 3 is 2.55 bits per heavy atom. The Hall–Kier alpha value is -0.120. The average Bonchev–Trinajstić information content (AvgIpc) is 2.05. The minimum absolute atomic E-state index is 0.149. The van der Waals surface area contributed by atoms with Crippen LogP contribution < -0.4 is 5.32 Å². The molecule has 0 saturated carbocycles. The molecule has 11 heavy (non-hydrogen) atoms. The Morgan fingerprint density at radius 1 is 1.55 bits per heavy atom. The zero-order chi connectivity index (χ0) is 8.74. The van der Waals surface area contributed by atoms with Gasteiger partial charge < -0.3 is 15.2 Å². The molecule has 0 spiro atoms. The van der Waals surface area contributed by atoms with Gasteiger partial charge in [0.2, 0.25) is 0 Å². The van der Waals surface area contributed by atoms with Crippen LogP contribution in [0.25, 0.3) is 0 Å². The van der Waals surface area contributed by atoms with Crippen molar-refractivity contribution in [2.24, 2.45) is 0 Å². The highest BCUT2D eigenvalue weighted by Crippen LogP contribution is 2.07. The van der Waals surface area contributed by atoms with E-state index >= 15 is 0 Å². The van der Waals surface area contributed by atoms with E-state index in [1.165, 1.54) is 0 Å². The molecule has 0 aromatic carbocycles.